The lowest BCUT2D eigenvalue weighted by atomic mass is 10.0. The molecule has 0 spiro atoms. The van der Waals surface area contributed by atoms with Gasteiger partial charge in [-0.25, -0.2) is 13.8 Å². The van der Waals surface area contributed by atoms with Gasteiger partial charge in [-0.15, -0.1) is 0 Å². The average molecular weight is 263 g/mol. The highest BCUT2D eigenvalue weighted by atomic mass is 19.1. The number of ketones is 1. The van der Waals surface area contributed by atoms with Crippen molar-refractivity contribution >= 4 is 5.78 Å². The number of ether oxygens (including phenoxy) is 1. The summed E-state index contributed by atoms with van der Waals surface area (Å²) in [6, 6.07) is 5.01. The number of nitrogens with zero attached hydrogens (tertiary/aromatic N) is 1. The van der Waals surface area contributed by atoms with Gasteiger partial charge in [-0.05, 0) is 30.7 Å². The SMILES string of the molecule is COc1cccnc1C(=O)c1cc(C)c(F)cc1F. The molecule has 0 N–H and O–H groups in total. The fraction of sp³-hybridized carbons (Fsp3) is 0.143. The quantitative estimate of drug-likeness (QED) is 0.799. The molecular formula is C14H11F2NO2. The zero-order chi connectivity index (χ0) is 14.0. The fourth-order valence-electron chi connectivity index (χ4n) is 1.68. The number of benzene rings is 1. The van der Waals surface area contributed by atoms with Crippen molar-refractivity contribution < 1.29 is 18.3 Å². The molecule has 0 radical (unpaired) electrons. The van der Waals surface area contributed by atoms with Gasteiger partial charge in [0.2, 0.25) is 5.78 Å². The number of carbonyl (C=O) groups excluding carboxylic acids is 1. The monoisotopic (exact) mass is 263 g/mol. The summed E-state index contributed by atoms with van der Waals surface area (Å²) in [5, 5.41) is 0. The molecule has 5 heteroatoms. The Morgan fingerprint density at radius 1 is 1.26 bits per heavy atom. The Morgan fingerprint density at radius 2 is 2.00 bits per heavy atom. The minimum atomic E-state index is -0.916. The maximum absolute atomic E-state index is 13.7. The molecule has 19 heavy (non-hydrogen) atoms. The van der Waals surface area contributed by atoms with Gasteiger partial charge >= 0.3 is 0 Å². The molecule has 1 aromatic carbocycles. The van der Waals surface area contributed by atoms with E-state index in [9.17, 15) is 13.6 Å². The maximum Gasteiger partial charge on any atom is 0.218 e. The Labute approximate surface area is 108 Å². The Hall–Kier alpha value is -2.30. The summed E-state index contributed by atoms with van der Waals surface area (Å²) < 4.78 is 31.9. The summed E-state index contributed by atoms with van der Waals surface area (Å²) in [6.45, 7) is 1.46. The number of aryl methyl sites for hydroxylation is 1. The van der Waals surface area contributed by atoms with E-state index in [0.717, 1.165) is 0 Å². The lowest BCUT2D eigenvalue weighted by Gasteiger charge is -2.08. The van der Waals surface area contributed by atoms with Crippen LogP contribution in [0.3, 0.4) is 0 Å². The number of pyridine rings is 1. The fourth-order valence-corrected chi connectivity index (χ4v) is 1.68. The second kappa shape index (κ2) is 5.14. The summed E-state index contributed by atoms with van der Waals surface area (Å²) in [5.41, 5.74) is -0.0366. The molecule has 0 aliphatic rings. The number of hydrogen-bond donors (Lipinski definition) is 0. The van der Waals surface area contributed by atoms with Gasteiger partial charge < -0.3 is 4.74 Å². The summed E-state index contributed by atoms with van der Waals surface area (Å²) in [6.07, 6.45) is 1.41. The van der Waals surface area contributed by atoms with E-state index in [1.54, 1.807) is 12.1 Å². The largest absolute Gasteiger partial charge is 0.494 e. The normalized spacial score (nSPS) is 10.3. The molecule has 0 atom stereocenters. The van der Waals surface area contributed by atoms with Crippen molar-refractivity contribution in [1.82, 2.24) is 4.98 Å². The molecule has 1 aromatic heterocycles. The number of methoxy groups -OCH3 is 1. The van der Waals surface area contributed by atoms with Crippen LogP contribution in [-0.4, -0.2) is 17.9 Å². The third-order valence-electron chi connectivity index (χ3n) is 2.70. The number of carbonyl (C=O) groups is 1. The predicted molar refractivity (Wildman–Crippen MR) is 65.3 cm³/mol. The Kier molecular flexibility index (Phi) is 3.55. The van der Waals surface area contributed by atoms with Crippen LogP contribution in [-0.2, 0) is 0 Å². The second-order valence-corrected chi connectivity index (χ2v) is 3.96. The van der Waals surface area contributed by atoms with E-state index in [1.165, 1.54) is 26.3 Å². The first-order valence-corrected chi connectivity index (χ1v) is 5.54. The van der Waals surface area contributed by atoms with E-state index in [1.807, 2.05) is 0 Å². The lowest BCUT2D eigenvalue weighted by Crippen LogP contribution is -2.09. The van der Waals surface area contributed by atoms with Crippen molar-refractivity contribution in [3.63, 3.8) is 0 Å². The number of rotatable bonds is 3. The summed E-state index contributed by atoms with van der Waals surface area (Å²) in [5.74, 6) is -2.00. The molecule has 0 unspecified atom stereocenters. The minimum Gasteiger partial charge on any atom is -0.494 e. The van der Waals surface area contributed by atoms with Crippen LogP contribution < -0.4 is 4.74 Å². The van der Waals surface area contributed by atoms with Crippen LogP contribution in [0.1, 0.15) is 21.6 Å². The number of halogens is 2. The van der Waals surface area contributed by atoms with Gasteiger partial charge in [-0.1, -0.05) is 0 Å². The van der Waals surface area contributed by atoms with E-state index >= 15 is 0 Å². The van der Waals surface area contributed by atoms with E-state index in [4.69, 9.17) is 4.74 Å². The van der Waals surface area contributed by atoms with Gasteiger partial charge in [-0.2, -0.15) is 0 Å². The van der Waals surface area contributed by atoms with Crippen LogP contribution >= 0.6 is 0 Å². The molecule has 0 saturated carbocycles. The van der Waals surface area contributed by atoms with E-state index < -0.39 is 17.4 Å². The van der Waals surface area contributed by atoms with Crippen LogP contribution in [0.4, 0.5) is 8.78 Å². The van der Waals surface area contributed by atoms with Crippen molar-refractivity contribution in [3.8, 4) is 5.75 Å². The molecule has 1 heterocycles. The topological polar surface area (TPSA) is 39.2 Å². The molecule has 3 nitrogen and oxygen atoms in total. The van der Waals surface area contributed by atoms with E-state index in [-0.39, 0.29) is 22.6 Å². The van der Waals surface area contributed by atoms with Crippen molar-refractivity contribution in [1.29, 1.82) is 0 Å². The Balaban J connectivity index is 2.53. The Morgan fingerprint density at radius 3 is 2.68 bits per heavy atom. The van der Waals surface area contributed by atoms with Crippen molar-refractivity contribution in [2.24, 2.45) is 0 Å². The van der Waals surface area contributed by atoms with Crippen molar-refractivity contribution in [3.05, 3.63) is 58.9 Å². The summed E-state index contributed by atoms with van der Waals surface area (Å²) in [4.78, 5) is 16.1. The van der Waals surface area contributed by atoms with Crippen LogP contribution in [0, 0.1) is 18.6 Å². The third kappa shape index (κ3) is 2.45. The zero-order valence-electron chi connectivity index (χ0n) is 10.4. The first kappa shape index (κ1) is 13.1. The van der Waals surface area contributed by atoms with Crippen LogP contribution in [0.25, 0.3) is 0 Å². The lowest BCUT2D eigenvalue weighted by molar-refractivity contribution is 0.102. The molecule has 0 saturated heterocycles. The average Bonchev–Trinajstić information content (AvgIpc) is 2.42. The van der Waals surface area contributed by atoms with Gasteiger partial charge in [0.05, 0.1) is 12.7 Å². The van der Waals surface area contributed by atoms with Crippen LogP contribution in [0.5, 0.6) is 5.75 Å². The third-order valence-corrected chi connectivity index (χ3v) is 2.70. The Bertz CT molecular complexity index is 641. The predicted octanol–water partition coefficient (Wildman–Crippen LogP) is 2.91. The summed E-state index contributed by atoms with van der Waals surface area (Å²) in [7, 11) is 1.39. The summed E-state index contributed by atoms with van der Waals surface area (Å²) >= 11 is 0. The highest BCUT2D eigenvalue weighted by Crippen LogP contribution is 2.22. The smallest absolute Gasteiger partial charge is 0.218 e. The van der Waals surface area contributed by atoms with Gasteiger partial charge in [0.1, 0.15) is 17.4 Å². The van der Waals surface area contributed by atoms with Crippen molar-refractivity contribution in [2.75, 3.05) is 7.11 Å². The first-order valence-electron chi connectivity index (χ1n) is 5.54. The number of aromatic nitrogens is 1. The molecule has 0 amide bonds. The maximum atomic E-state index is 13.7. The molecule has 2 aromatic rings. The first-order chi connectivity index (χ1) is 9.04. The zero-order valence-corrected chi connectivity index (χ0v) is 10.4. The van der Waals surface area contributed by atoms with Crippen LogP contribution in [0.15, 0.2) is 30.5 Å². The molecule has 98 valence electrons. The van der Waals surface area contributed by atoms with Gasteiger partial charge in [0.15, 0.2) is 5.69 Å². The number of hydrogen-bond acceptors (Lipinski definition) is 3. The molecule has 0 aliphatic carbocycles. The highest BCUT2D eigenvalue weighted by molar-refractivity contribution is 6.09. The van der Waals surface area contributed by atoms with E-state index in [0.29, 0.717) is 6.07 Å². The second-order valence-electron chi connectivity index (χ2n) is 3.96. The van der Waals surface area contributed by atoms with Crippen molar-refractivity contribution in [2.45, 2.75) is 6.92 Å². The standard InChI is InChI=1S/C14H11F2NO2/c1-8-6-9(11(16)7-10(8)15)14(18)13-12(19-2)4-3-5-17-13/h3-7H,1-2H3. The van der Waals surface area contributed by atoms with Crippen LogP contribution in [0.2, 0.25) is 0 Å². The molecule has 0 fully saturated rings. The molecule has 0 bridgehead atoms. The molecular weight excluding hydrogens is 252 g/mol. The molecule has 0 aliphatic heterocycles. The van der Waals surface area contributed by atoms with Gasteiger partial charge in [0, 0.05) is 12.3 Å². The highest BCUT2D eigenvalue weighted by Gasteiger charge is 2.20. The van der Waals surface area contributed by atoms with Gasteiger partial charge in [0.25, 0.3) is 0 Å². The molecule has 2 rings (SSSR count). The van der Waals surface area contributed by atoms with E-state index in [2.05, 4.69) is 4.98 Å². The minimum absolute atomic E-state index is 0.00471. The van der Waals surface area contributed by atoms with Gasteiger partial charge in [-0.3, -0.25) is 4.79 Å².